The summed E-state index contributed by atoms with van der Waals surface area (Å²) in [4.78, 5) is 47.9. The van der Waals surface area contributed by atoms with Gasteiger partial charge >= 0.3 is 6.09 Å². The lowest BCUT2D eigenvalue weighted by Crippen LogP contribution is -2.65. The second kappa shape index (κ2) is 32.5. The third-order valence-electron chi connectivity index (χ3n) is 15.7. The van der Waals surface area contributed by atoms with E-state index in [0.29, 0.717) is 28.0 Å². The van der Waals surface area contributed by atoms with Crippen LogP contribution in [0.2, 0.25) is 0 Å². The summed E-state index contributed by atoms with van der Waals surface area (Å²) in [6.45, 7) is 14.0. The fraction of sp³-hybridized carbons (Fsp3) is 0.678. The zero-order valence-corrected chi connectivity index (χ0v) is 55.8. The third-order valence-corrected chi connectivity index (χ3v) is 21.6. The minimum Gasteiger partial charge on any atom is -0.492 e. The van der Waals surface area contributed by atoms with Crippen LogP contribution < -0.4 is 36.1 Å². The molecule has 4 fully saturated rings. The number of carbonyl (C=O) groups is 3. The average Bonchev–Trinajstić information content (AvgIpc) is 0.881. The van der Waals surface area contributed by atoms with Gasteiger partial charge < -0.3 is 93.4 Å². The van der Waals surface area contributed by atoms with Gasteiger partial charge in [0.25, 0.3) is 0 Å². The van der Waals surface area contributed by atoms with Crippen molar-refractivity contribution in [2.75, 3.05) is 61.0 Å². The largest absolute Gasteiger partial charge is 0.492 e. The molecule has 2 bridgehead atoms. The van der Waals surface area contributed by atoms with Crippen LogP contribution in [-0.4, -0.2) is 224 Å². The summed E-state index contributed by atoms with van der Waals surface area (Å²) >= 11 is 2.82. The molecule has 4 saturated heterocycles. The lowest BCUT2D eigenvalue weighted by Gasteiger charge is -2.46. The van der Waals surface area contributed by atoms with Crippen molar-refractivity contribution in [3.63, 3.8) is 0 Å². The number of hydroxylamine groups is 1. The minimum atomic E-state index is -2.09. The minimum absolute atomic E-state index is 0.0243. The Labute approximate surface area is 539 Å². The number of alkyl carbamates (subject to hydrolysis) is 1. The Bertz CT molecular complexity index is 2840. The summed E-state index contributed by atoms with van der Waals surface area (Å²) in [6.07, 6.45) is -13.2. The molecule has 10 N–H and O–H groups in total. The highest BCUT2D eigenvalue weighted by molar-refractivity contribution is 14.1. The molecule has 6 aliphatic rings. The average molecular weight is 1410 g/mol. The van der Waals surface area contributed by atoms with Gasteiger partial charge in [-0.05, 0) is 101 Å². The lowest BCUT2D eigenvalue weighted by molar-refractivity contribution is -0.336. The topological polar surface area (TPSA) is 334 Å². The number of hydrogen-bond donors (Lipinski definition) is 9. The molecule has 490 valence electrons. The second-order valence-electron chi connectivity index (χ2n) is 22.2. The Hall–Kier alpha value is -3.33. The number of nitrogens with one attached hydrogen (secondary N) is 3. The van der Waals surface area contributed by atoms with Crippen LogP contribution >= 0.6 is 55.9 Å². The summed E-state index contributed by atoms with van der Waals surface area (Å²) in [5.74, 6) is 11.3. The predicted octanol–water partition coefficient (Wildman–Crippen LogP) is 3.05. The summed E-state index contributed by atoms with van der Waals surface area (Å²) in [5, 5.41) is 63.0. The van der Waals surface area contributed by atoms with Crippen LogP contribution in [0.5, 0.6) is 17.2 Å². The SMILES string of the molecule is CCN[C@H]1CO[C@@H](O[C@H]2[C@H](O[C@H]3C#CC=CC#C[C@]4(O)CC(=O)C(NC(=O)OC)=C3/C4=C\CSSC(C)(C)CCN)O[C@H](C)[C@@H](NO[C@H]3C[C@H](O)[C@H](SC(=O)c4c(C)c(I)c(O[C@@H]5O[C@@H](C)[C@H](O)[C@@H](OC)[C@H]5O)c(OC)c4OC)[C@@H](C)O3)[C@@H]2O)C[C@@H]1OC. The molecule has 0 spiro atoms. The normalized spacial score (nSPS) is 34.7. The van der Waals surface area contributed by atoms with Gasteiger partial charge in [-0.3, -0.25) is 19.7 Å². The summed E-state index contributed by atoms with van der Waals surface area (Å²) in [7, 11) is 9.87. The smallest absolute Gasteiger partial charge is 0.411 e. The van der Waals surface area contributed by atoms with Gasteiger partial charge in [0.1, 0.15) is 36.6 Å². The van der Waals surface area contributed by atoms with Crippen LogP contribution in [0, 0.1) is 34.2 Å². The number of benzene rings is 1. The van der Waals surface area contributed by atoms with Crippen molar-refractivity contribution in [2.45, 2.75) is 194 Å². The van der Waals surface area contributed by atoms with Gasteiger partial charge in [-0.15, -0.1) is 0 Å². The number of Topliss-reactive ketones (excluding diaryl/α,β-unsaturated/α-hetero) is 1. The van der Waals surface area contributed by atoms with E-state index in [-0.39, 0.29) is 76.0 Å². The predicted molar refractivity (Wildman–Crippen MR) is 334 cm³/mol. The molecule has 19 atom stereocenters. The number of ether oxygens (including phenoxy) is 12. The van der Waals surface area contributed by atoms with Crippen LogP contribution in [0.1, 0.15) is 83.1 Å². The Kier molecular flexibility index (Phi) is 26.6. The fourth-order valence-electron chi connectivity index (χ4n) is 11.0. The van der Waals surface area contributed by atoms with Crippen molar-refractivity contribution in [2.24, 2.45) is 5.73 Å². The number of halogens is 1. The highest BCUT2D eigenvalue weighted by Crippen LogP contribution is 2.49. The van der Waals surface area contributed by atoms with Gasteiger partial charge in [0, 0.05) is 48.7 Å². The molecule has 25 nitrogen and oxygen atoms in total. The number of nitrogens with two attached hydrogens (primary N) is 1. The Balaban J connectivity index is 1.13. The van der Waals surface area contributed by atoms with E-state index in [9.17, 15) is 39.9 Å². The van der Waals surface area contributed by atoms with Gasteiger partial charge in [-0.2, -0.15) is 5.48 Å². The number of ketones is 1. The maximum absolute atomic E-state index is 14.5. The number of allylic oxidation sites excluding steroid dienone is 3. The third kappa shape index (κ3) is 16.9. The number of aliphatic hydroxyl groups excluding tert-OH is 4. The highest BCUT2D eigenvalue weighted by Gasteiger charge is 2.52. The van der Waals surface area contributed by atoms with Crippen LogP contribution in [-0.2, 0) is 52.3 Å². The first kappa shape index (κ1) is 72.1. The molecule has 88 heavy (non-hydrogen) atoms. The first-order valence-corrected chi connectivity index (χ1v) is 33.1. The maximum atomic E-state index is 14.5. The van der Waals surface area contributed by atoms with Crippen LogP contribution in [0.4, 0.5) is 4.79 Å². The summed E-state index contributed by atoms with van der Waals surface area (Å²) < 4.78 is 72.6. The van der Waals surface area contributed by atoms with Crippen LogP contribution in [0.25, 0.3) is 0 Å². The molecule has 29 heteroatoms. The molecule has 7 rings (SSSR count). The number of carbonyl (C=O) groups excluding carboxylic acids is 3. The molecule has 4 heterocycles. The Morgan fingerprint density at radius 2 is 1.61 bits per heavy atom. The van der Waals surface area contributed by atoms with Gasteiger partial charge in [-0.1, -0.05) is 70.0 Å². The van der Waals surface area contributed by atoms with Crippen LogP contribution in [0.3, 0.4) is 0 Å². The number of rotatable bonds is 24. The van der Waals surface area contributed by atoms with E-state index in [1.54, 1.807) is 51.7 Å². The number of aliphatic hydroxyl groups is 5. The fourth-order valence-corrected chi connectivity index (χ4v) is 15.2. The molecular formula is C59H83IN4O21S3. The Morgan fingerprint density at radius 3 is 2.27 bits per heavy atom. The highest BCUT2D eigenvalue weighted by atomic mass is 127. The van der Waals surface area contributed by atoms with Gasteiger partial charge in [0.2, 0.25) is 17.2 Å². The molecule has 0 saturated carbocycles. The standard InChI is InChI=1S/C59H83IN4O21S3/c1-13-62-33-27-78-38(25-37(33)73-8)83-51-46(68)43(29(3)80-56(51)82-36-18-16-14-15-17-20-59(72)26-35(66)44(63-57(71)77-12)41(36)32(59)19-23-86-88-58(6,7)21-22-61)64-85-39-24-34(65)53(31(5)79-39)87-54(70)40-28(2)42(60)49(52(76-11)48(40)74-9)84-55-47(69)50(75-10)45(67)30(4)81-55/h14-15,19,29-31,33-34,36-39,43,45-47,50-51,53,55-56,62,64-65,67-69,72H,13,21-27,61H2,1-12H3,(H,63,71)/b15-14?,32-19+/t29-,30+,31-,33+,34+,36+,37+,38+,39+,43-,45+,46+,47-,50-,51-,53-,55+,56+,59+/m1/s1. The molecular weight excluding hydrogens is 1320 g/mol. The second-order valence-corrected chi connectivity index (χ2v) is 27.5. The summed E-state index contributed by atoms with van der Waals surface area (Å²) in [5.41, 5.74) is 7.13. The van der Waals surface area contributed by atoms with Crippen molar-refractivity contribution >= 4 is 72.9 Å². The number of fused-ring (bicyclic) bond motifs is 2. The van der Waals surface area contributed by atoms with Crippen molar-refractivity contribution < 1.29 is 102 Å². The van der Waals surface area contributed by atoms with Crippen molar-refractivity contribution in [3.8, 4) is 40.9 Å². The van der Waals surface area contributed by atoms with E-state index in [2.05, 4.69) is 53.6 Å². The molecule has 1 amide bonds. The number of amides is 1. The molecule has 1 aromatic rings. The van der Waals surface area contributed by atoms with Gasteiger partial charge in [0.15, 0.2) is 41.8 Å². The molecule has 0 radical (unpaired) electrons. The number of hydrogen-bond acceptors (Lipinski definition) is 27. The lowest BCUT2D eigenvalue weighted by atomic mass is 9.75. The zero-order chi connectivity index (χ0) is 64.4. The van der Waals surface area contributed by atoms with Crippen molar-refractivity contribution in [1.82, 2.24) is 16.1 Å². The monoisotopic (exact) mass is 1410 g/mol. The molecule has 2 aliphatic carbocycles. The van der Waals surface area contributed by atoms with Crippen molar-refractivity contribution in [3.05, 3.63) is 49.8 Å². The first-order valence-electron chi connectivity index (χ1n) is 28.8. The van der Waals surface area contributed by atoms with E-state index in [0.717, 1.165) is 25.3 Å². The first-order chi connectivity index (χ1) is 41.9. The van der Waals surface area contributed by atoms with Crippen LogP contribution in [0.15, 0.2) is 35.1 Å². The van der Waals surface area contributed by atoms with E-state index >= 15 is 0 Å². The number of likely N-dealkylation sites (N-methyl/N-ethyl adjacent to an activating group) is 1. The summed E-state index contributed by atoms with van der Waals surface area (Å²) in [6, 6.07) is -1.29. The molecule has 0 unspecified atom stereocenters. The molecule has 0 aromatic heterocycles. The van der Waals surface area contributed by atoms with E-state index < -0.39 is 127 Å². The van der Waals surface area contributed by atoms with E-state index in [1.807, 2.05) is 29.5 Å². The van der Waals surface area contributed by atoms with Gasteiger partial charge in [0.05, 0.1) is 97.0 Å². The van der Waals surface area contributed by atoms with Crippen molar-refractivity contribution in [1.29, 1.82) is 0 Å². The zero-order valence-electron chi connectivity index (χ0n) is 51.2. The number of thioether (sulfide) groups is 1. The molecule has 4 aliphatic heterocycles. The van der Waals surface area contributed by atoms with E-state index in [4.69, 9.17) is 67.4 Å². The molecule has 1 aromatic carbocycles. The maximum Gasteiger partial charge on any atom is 0.411 e. The number of methoxy groups -OCH3 is 5. The van der Waals surface area contributed by atoms with Gasteiger partial charge in [-0.25, -0.2) is 4.79 Å². The quantitative estimate of drug-likeness (QED) is 0.0236. The van der Waals surface area contributed by atoms with E-state index in [1.165, 1.54) is 44.3 Å². The Morgan fingerprint density at radius 1 is 0.898 bits per heavy atom.